The minimum absolute atomic E-state index is 0.0638. The minimum Gasteiger partial charge on any atom is -0.506 e. The van der Waals surface area contributed by atoms with E-state index in [1.54, 1.807) is 47.4 Å². The molecule has 14 heteroatoms. The molecule has 5 aromatic carbocycles. The molecule has 0 radical (unpaired) electrons. The van der Waals surface area contributed by atoms with Crippen LogP contribution >= 0.6 is 0 Å². The van der Waals surface area contributed by atoms with Crippen molar-refractivity contribution in [1.29, 1.82) is 0 Å². The van der Waals surface area contributed by atoms with Crippen molar-refractivity contribution in [1.82, 2.24) is 25.0 Å². The Kier molecular flexibility index (Phi) is 14.2. The lowest BCUT2D eigenvalue weighted by atomic mass is 9.80. The number of H-pyrrole nitrogens is 1. The topological polar surface area (TPSA) is 196 Å². The fourth-order valence-corrected chi connectivity index (χ4v) is 10.5. The molecule has 358 valence electrons. The van der Waals surface area contributed by atoms with E-state index < -0.39 is 17.7 Å². The van der Waals surface area contributed by atoms with Gasteiger partial charge in [0, 0.05) is 66.8 Å². The zero-order chi connectivity index (χ0) is 48.1. The van der Waals surface area contributed by atoms with Crippen LogP contribution in [0.2, 0.25) is 0 Å². The summed E-state index contributed by atoms with van der Waals surface area (Å²) in [6.07, 6.45) is 3.15. The Morgan fingerprint density at radius 3 is 2.38 bits per heavy atom. The van der Waals surface area contributed by atoms with Gasteiger partial charge in [-0.25, -0.2) is 4.79 Å². The summed E-state index contributed by atoms with van der Waals surface area (Å²) in [7, 11) is 0. The van der Waals surface area contributed by atoms with Crippen molar-refractivity contribution < 1.29 is 39.5 Å². The van der Waals surface area contributed by atoms with Gasteiger partial charge < -0.3 is 45.3 Å². The molecule has 3 aliphatic heterocycles. The molecule has 3 saturated heterocycles. The van der Waals surface area contributed by atoms with Crippen LogP contribution in [-0.2, 0) is 34.6 Å². The highest BCUT2D eigenvalue weighted by molar-refractivity contribution is 5.95. The van der Waals surface area contributed by atoms with Crippen LogP contribution in [0.3, 0.4) is 0 Å². The van der Waals surface area contributed by atoms with Crippen molar-refractivity contribution in [2.45, 2.75) is 56.4 Å². The van der Waals surface area contributed by atoms with Gasteiger partial charge >= 0.3 is 5.97 Å². The van der Waals surface area contributed by atoms with Crippen molar-refractivity contribution >= 4 is 28.7 Å². The number of fused-ring (bicyclic) bond motifs is 2. The number of phenols is 1. The number of hydrogen-bond acceptors (Lipinski definition) is 10. The molecule has 0 saturated carbocycles. The van der Waals surface area contributed by atoms with Crippen LogP contribution in [0.5, 0.6) is 11.5 Å². The number of carboxylic acid groups (broad SMARTS) is 1. The fourth-order valence-electron chi connectivity index (χ4n) is 10.5. The fraction of sp³-hybridized carbons (Fsp3) is 0.345. The average Bonchev–Trinajstić information content (AvgIpc) is 3.98. The van der Waals surface area contributed by atoms with Crippen LogP contribution in [0.1, 0.15) is 69.1 Å². The molecular weight excluding hydrogens is 875 g/mol. The molecule has 6 aromatic rings. The molecule has 6 N–H and O–H groups in total. The molecule has 69 heavy (non-hydrogen) atoms. The van der Waals surface area contributed by atoms with Crippen LogP contribution in [0.4, 0.5) is 0 Å². The number of carboxylic acids is 1. The molecule has 0 spiro atoms. The number of hydrogen-bond donors (Lipinski definition) is 6. The Labute approximate surface area is 400 Å². The Bertz CT molecular complexity index is 2850. The number of aromatic amines is 1. The molecule has 0 unspecified atom stereocenters. The number of carbonyl (C=O) groups is 3. The number of carbonyl (C=O) groups excluding carboxylic acids is 2. The standard InChI is InChI=1S/C55H59N5O9/c61-48-19-17-44(45-18-20-50(63)57-52(45)48)49(62)31-56-25-21-36-13-15-39(16-14-36)53(65)60-28-24-41-33-59(34-47(41)60)51(64)35-69-43-11-6-10-42(30-43)55(68,54(66)67)46-12-5-4-9-40(46)29-37-22-26-58(27-23-37)32-38-7-2-1-3-8-38/h1-20,30,37,41,47,49,56,61-62,68H,21-29,31-35H2,(H,57,63)(H,66,67)/t41-,47+,49-,55-/m0/s1. The number of aliphatic hydroxyl groups excluding tert-OH is 1. The molecule has 0 bridgehead atoms. The van der Waals surface area contributed by atoms with Crippen molar-refractivity contribution in [3.05, 3.63) is 177 Å². The van der Waals surface area contributed by atoms with Gasteiger partial charge in [0.2, 0.25) is 11.2 Å². The number of amides is 2. The molecule has 9 rings (SSSR count). The number of phenolic OH excluding ortho intramolecular Hbond substituents is 1. The van der Waals surface area contributed by atoms with Crippen molar-refractivity contribution in [3.8, 4) is 11.5 Å². The highest BCUT2D eigenvalue weighted by Gasteiger charge is 2.45. The van der Waals surface area contributed by atoms with Crippen LogP contribution in [0.15, 0.2) is 132 Å². The summed E-state index contributed by atoms with van der Waals surface area (Å²) in [4.78, 5) is 60.9. The van der Waals surface area contributed by atoms with Crippen molar-refractivity contribution in [2.75, 3.05) is 52.4 Å². The number of likely N-dealkylation sites (tertiary alicyclic amines) is 3. The Hall–Kier alpha value is -6.84. The van der Waals surface area contributed by atoms with Gasteiger partial charge in [-0.15, -0.1) is 0 Å². The maximum Gasteiger partial charge on any atom is 0.345 e. The van der Waals surface area contributed by atoms with E-state index in [4.69, 9.17) is 4.74 Å². The maximum absolute atomic E-state index is 13.8. The van der Waals surface area contributed by atoms with E-state index in [0.717, 1.165) is 50.0 Å². The number of nitrogens with one attached hydrogen (secondary N) is 2. The summed E-state index contributed by atoms with van der Waals surface area (Å²) < 4.78 is 5.99. The number of nitrogens with zero attached hydrogens (tertiary/aromatic N) is 3. The lowest BCUT2D eigenvalue weighted by Gasteiger charge is -2.33. The van der Waals surface area contributed by atoms with Crippen molar-refractivity contribution in [2.24, 2.45) is 11.8 Å². The van der Waals surface area contributed by atoms with Crippen LogP contribution < -0.4 is 15.6 Å². The van der Waals surface area contributed by atoms with E-state index in [1.807, 2.05) is 47.4 Å². The third-order valence-corrected chi connectivity index (χ3v) is 14.4. The minimum atomic E-state index is -2.35. The second-order valence-electron chi connectivity index (χ2n) is 18.8. The van der Waals surface area contributed by atoms with Gasteiger partial charge in [0.05, 0.1) is 17.7 Å². The van der Waals surface area contributed by atoms with Gasteiger partial charge in [0.1, 0.15) is 11.5 Å². The van der Waals surface area contributed by atoms with Crippen LogP contribution in [0.25, 0.3) is 10.9 Å². The largest absolute Gasteiger partial charge is 0.506 e. The Morgan fingerprint density at radius 1 is 0.826 bits per heavy atom. The van der Waals surface area contributed by atoms with E-state index in [1.165, 1.54) is 23.8 Å². The number of aromatic hydroxyl groups is 1. The van der Waals surface area contributed by atoms with Crippen molar-refractivity contribution in [3.63, 3.8) is 0 Å². The highest BCUT2D eigenvalue weighted by atomic mass is 16.5. The summed E-state index contributed by atoms with van der Waals surface area (Å²) >= 11 is 0. The molecule has 3 aliphatic rings. The first-order chi connectivity index (χ1) is 33.4. The molecule has 14 nitrogen and oxygen atoms in total. The monoisotopic (exact) mass is 933 g/mol. The summed E-state index contributed by atoms with van der Waals surface area (Å²) in [5, 5.41) is 47.6. The SMILES string of the molecule is O=C(COc1cccc([C@@](O)(C(=O)O)c2ccccc2CC2CCN(Cc3ccccc3)CC2)c1)N1C[C@@H]2CCN(C(=O)c3ccc(CCNC[C@H](O)c4ccc(O)c5[nH]c(=O)ccc45)cc3)[C@@H]2C1. The molecule has 0 aliphatic carbocycles. The second-order valence-corrected chi connectivity index (χ2v) is 18.8. The highest BCUT2D eigenvalue weighted by Crippen LogP contribution is 2.37. The number of aliphatic carboxylic acids is 1. The lowest BCUT2D eigenvalue weighted by Crippen LogP contribution is -2.41. The summed E-state index contributed by atoms with van der Waals surface area (Å²) in [6.45, 7) is 4.82. The van der Waals surface area contributed by atoms with E-state index in [9.17, 15) is 39.6 Å². The second kappa shape index (κ2) is 20.8. The molecule has 4 atom stereocenters. The van der Waals surface area contributed by atoms with E-state index in [-0.39, 0.29) is 65.1 Å². The zero-order valence-electron chi connectivity index (χ0n) is 38.5. The first-order valence-corrected chi connectivity index (χ1v) is 23.9. The smallest absolute Gasteiger partial charge is 0.345 e. The number of pyridine rings is 1. The number of rotatable bonds is 17. The van der Waals surface area contributed by atoms with E-state index in [0.29, 0.717) is 67.0 Å². The quantitative estimate of drug-likeness (QED) is 0.0621. The molecule has 1 aromatic heterocycles. The Balaban J connectivity index is 0.758. The van der Waals surface area contributed by atoms with Crippen LogP contribution in [-0.4, -0.2) is 116 Å². The van der Waals surface area contributed by atoms with Gasteiger partial charge in [0.25, 0.3) is 11.8 Å². The van der Waals surface area contributed by atoms with E-state index in [2.05, 4.69) is 39.5 Å². The van der Waals surface area contributed by atoms with Gasteiger partial charge in [-0.3, -0.25) is 19.3 Å². The lowest BCUT2D eigenvalue weighted by molar-refractivity contribution is -0.155. The number of ether oxygens (including phenoxy) is 1. The summed E-state index contributed by atoms with van der Waals surface area (Å²) in [5.41, 5.74) is 2.29. The normalized spacial score (nSPS) is 18.8. The third-order valence-electron chi connectivity index (χ3n) is 14.4. The van der Waals surface area contributed by atoms with Gasteiger partial charge in [-0.1, -0.05) is 84.9 Å². The maximum atomic E-state index is 13.8. The molecular formula is C55H59N5O9. The molecule has 3 fully saturated rings. The predicted molar refractivity (Wildman–Crippen MR) is 261 cm³/mol. The number of benzene rings is 5. The number of aliphatic hydroxyl groups is 2. The summed E-state index contributed by atoms with van der Waals surface area (Å²) in [6, 6.07) is 37.4. The molecule has 2 amide bonds. The Morgan fingerprint density at radius 2 is 1.59 bits per heavy atom. The number of aromatic nitrogens is 1. The van der Waals surface area contributed by atoms with Gasteiger partial charge in [0.15, 0.2) is 6.61 Å². The van der Waals surface area contributed by atoms with E-state index >= 15 is 0 Å². The number of piperidine rings is 1. The van der Waals surface area contributed by atoms with Gasteiger partial charge in [-0.2, -0.15) is 0 Å². The zero-order valence-corrected chi connectivity index (χ0v) is 38.5. The summed E-state index contributed by atoms with van der Waals surface area (Å²) in [5.74, 6) is -1.05. The van der Waals surface area contributed by atoms with Crippen LogP contribution in [0, 0.1) is 11.8 Å². The third kappa shape index (κ3) is 10.4. The average molecular weight is 934 g/mol. The first kappa shape index (κ1) is 47.2. The predicted octanol–water partition coefficient (Wildman–Crippen LogP) is 5.63. The van der Waals surface area contributed by atoms with Gasteiger partial charge in [-0.05, 0) is 116 Å². The first-order valence-electron chi connectivity index (χ1n) is 23.9. The molecule has 4 heterocycles.